The van der Waals surface area contributed by atoms with Crippen molar-refractivity contribution in [1.29, 1.82) is 0 Å². The van der Waals surface area contributed by atoms with E-state index in [1.165, 1.54) is 24.3 Å². The van der Waals surface area contributed by atoms with Crippen LogP contribution in [-0.4, -0.2) is 54.3 Å². The summed E-state index contributed by atoms with van der Waals surface area (Å²) in [7, 11) is -2.19. The number of aromatic nitrogens is 2. The Morgan fingerprint density at radius 2 is 2.00 bits per heavy atom. The van der Waals surface area contributed by atoms with Gasteiger partial charge in [0.15, 0.2) is 5.11 Å². The van der Waals surface area contributed by atoms with Gasteiger partial charge in [0.2, 0.25) is 15.0 Å². The Bertz CT molecular complexity index is 943. The smallest absolute Gasteiger partial charge is 0.228 e. The number of nitrogens with one attached hydrogen (secondary N) is 1. The first-order chi connectivity index (χ1) is 14.2. The Morgan fingerprint density at radius 1 is 1.33 bits per heavy atom. The zero-order valence-electron chi connectivity index (χ0n) is 17.8. The van der Waals surface area contributed by atoms with Crippen LogP contribution >= 0.6 is 12.2 Å². The van der Waals surface area contributed by atoms with E-state index in [-0.39, 0.29) is 17.0 Å². The number of methoxy groups -OCH3 is 1. The van der Waals surface area contributed by atoms with Gasteiger partial charge in [-0.2, -0.15) is 0 Å². The fourth-order valence-electron chi connectivity index (χ4n) is 2.97. The van der Waals surface area contributed by atoms with E-state index in [4.69, 9.17) is 17.0 Å². The highest BCUT2D eigenvalue weighted by Crippen LogP contribution is 2.20. The second-order valence-electron chi connectivity index (χ2n) is 7.12. The fraction of sp³-hybridized carbons (Fsp3) is 0.500. The number of imidazole rings is 1. The van der Waals surface area contributed by atoms with Crippen molar-refractivity contribution in [2.24, 2.45) is 0 Å². The van der Waals surface area contributed by atoms with E-state index in [0.29, 0.717) is 36.9 Å². The van der Waals surface area contributed by atoms with Gasteiger partial charge in [-0.25, -0.2) is 17.8 Å². The number of rotatable bonds is 10. The Kier molecular flexibility index (Phi) is 8.75. The Morgan fingerprint density at radius 3 is 2.57 bits per heavy atom. The summed E-state index contributed by atoms with van der Waals surface area (Å²) in [5, 5.41) is 3.71. The van der Waals surface area contributed by atoms with Gasteiger partial charge in [0, 0.05) is 26.2 Å². The van der Waals surface area contributed by atoms with E-state index in [2.05, 4.69) is 10.3 Å². The second kappa shape index (κ2) is 10.8. The minimum atomic E-state index is -3.75. The van der Waals surface area contributed by atoms with Gasteiger partial charge in [-0.05, 0) is 50.7 Å². The summed E-state index contributed by atoms with van der Waals surface area (Å²) >= 11 is 5.47. The molecule has 1 heterocycles. The standard InChI is InChI=1S/C20H29FN4O3S2/c1-5-22-19(29)25(15(2)3)13-18-12-23-20(24(18)10-11-28-4)30(26,27)14-16-6-8-17(21)9-7-16/h6-9,12,15H,5,10-11,13-14H2,1-4H3,(H,22,29). The molecule has 0 amide bonds. The molecular formula is C20H29FN4O3S2. The molecule has 0 spiro atoms. The topological polar surface area (TPSA) is 76.5 Å². The molecule has 0 saturated heterocycles. The molecule has 7 nitrogen and oxygen atoms in total. The van der Waals surface area contributed by atoms with E-state index in [9.17, 15) is 12.8 Å². The van der Waals surface area contributed by atoms with E-state index >= 15 is 0 Å². The summed E-state index contributed by atoms with van der Waals surface area (Å²) in [5.74, 6) is -0.675. The summed E-state index contributed by atoms with van der Waals surface area (Å²) in [6.45, 7) is 7.78. The number of sulfone groups is 1. The van der Waals surface area contributed by atoms with Gasteiger partial charge in [-0.3, -0.25) is 0 Å². The molecule has 0 aliphatic rings. The monoisotopic (exact) mass is 456 g/mol. The van der Waals surface area contributed by atoms with E-state index < -0.39 is 15.7 Å². The second-order valence-corrected chi connectivity index (χ2v) is 9.39. The first-order valence-corrected chi connectivity index (χ1v) is 11.8. The Balaban J connectivity index is 2.37. The molecule has 1 N–H and O–H groups in total. The number of halogens is 1. The molecule has 0 bridgehead atoms. The van der Waals surface area contributed by atoms with Gasteiger partial charge < -0.3 is 19.5 Å². The summed E-state index contributed by atoms with van der Waals surface area (Å²) in [6, 6.07) is 5.53. The van der Waals surface area contributed by atoms with Crippen LogP contribution in [0.5, 0.6) is 0 Å². The van der Waals surface area contributed by atoms with Crippen molar-refractivity contribution in [2.75, 3.05) is 20.3 Å². The lowest BCUT2D eigenvalue weighted by Crippen LogP contribution is -2.43. The van der Waals surface area contributed by atoms with Crippen LogP contribution in [-0.2, 0) is 33.4 Å². The van der Waals surface area contributed by atoms with Crippen molar-refractivity contribution >= 4 is 27.2 Å². The molecule has 2 rings (SSSR count). The molecule has 1 aromatic carbocycles. The summed E-state index contributed by atoms with van der Waals surface area (Å²) in [5.41, 5.74) is 1.22. The van der Waals surface area contributed by atoms with Crippen LogP contribution in [0, 0.1) is 5.82 Å². The molecule has 0 aliphatic heterocycles. The van der Waals surface area contributed by atoms with Crippen LogP contribution in [0.15, 0.2) is 35.6 Å². The maximum Gasteiger partial charge on any atom is 0.228 e. The van der Waals surface area contributed by atoms with Crippen LogP contribution < -0.4 is 5.32 Å². The molecule has 0 unspecified atom stereocenters. The van der Waals surface area contributed by atoms with Gasteiger partial charge in [0.1, 0.15) is 5.82 Å². The quantitative estimate of drug-likeness (QED) is 0.551. The van der Waals surface area contributed by atoms with Crippen LogP contribution in [0.1, 0.15) is 32.0 Å². The number of benzene rings is 1. The highest BCUT2D eigenvalue weighted by molar-refractivity contribution is 7.90. The van der Waals surface area contributed by atoms with Crippen LogP contribution in [0.25, 0.3) is 0 Å². The highest BCUT2D eigenvalue weighted by Gasteiger charge is 2.25. The maximum absolute atomic E-state index is 13.2. The average molecular weight is 457 g/mol. The summed E-state index contributed by atoms with van der Waals surface area (Å²) in [6.07, 6.45) is 1.57. The highest BCUT2D eigenvalue weighted by atomic mass is 32.2. The van der Waals surface area contributed by atoms with Crippen molar-refractivity contribution in [1.82, 2.24) is 19.8 Å². The minimum Gasteiger partial charge on any atom is -0.383 e. The number of nitrogens with zero attached hydrogens (tertiary/aromatic N) is 3. The predicted octanol–water partition coefficient (Wildman–Crippen LogP) is 2.75. The normalized spacial score (nSPS) is 11.7. The lowest BCUT2D eigenvalue weighted by molar-refractivity contribution is 0.182. The summed E-state index contributed by atoms with van der Waals surface area (Å²) < 4.78 is 46.1. The van der Waals surface area contributed by atoms with Crippen LogP contribution in [0.3, 0.4) is 0 Å². The largest absolute Gasteiger partial charge is 0.383 e. The zero-order chi connectivity index (χ0) is 22.3. The lowest BCUT2D eigenvalue weighted by Gasteiger charge is -2.29. The predicted molar refractivity (Wildman–Crippen MR) is 118 cm³/mol. The van der Waals surface area contributed by atoms with Crippen molar-refractivity contribution in [3.63, 3.8) is 0 Å². The van der Waals surface area contributed by atoms with E-state index in [0.717, 1.165) is 5.69 Å². The van der Waals surface area contributed by atoms with Crippen LogP contribution in [0.2, 0.25) is 0 Å². The molecule has 30 heavy (non-hydrogen) atoms. The molecule has 1 aromatic heterocycles. The first-order valence-electron chi connectivity index (χ1n) is 9.74. The Labute approximate surface area is 183 Å². The first kappa shape index (κ1) is 24.2. The summed E-state index contributed by atoms with van der Waals surface area (Å²) in [4.78, 5) is 6.21. The van der Waals surface area contributed by atoms with Gasteiger partial charge in [0.05, 0.1) is 30.8 Å². The average Bonchev–Trinajstić information content (AvgIpc) is 3.09. The van der Waals surface area contributed by atoms with Crippen molar-refractivity contribution < 1.29 is 17.5 Å². The molecule has 0 fully saturated rings. The number of thiocarbonyl (C=S) groups is 1. The number of hydrogen-bond donors (Lipinski definition) is 1. The third-order valence-electron chi connectivity index (χ3n) is 4.51. The third-order valence-corrected chi connectivity index (χ3v) is 6.49. The number of ether oxygens (including phenoxy) is 1. The number of hydrogen-bond acceptors (Lipinski definition) is 5. The molecule has 10 heteroatoms. The maximum atomic E-state index is 13.2. The van der Waals surface area contributed by atoms with Crippen molar-refractivity contribution in [3.05, 3.63) is 47.5 Å². The van der Waals surface area contributed by atoms with E-state index in [1.54, 1.807) is 17.9 Å². The zero-order valence-corrected chi connectivity index (χ0v) is 19.4. The molecular weight excluding hydrogens is 427 g/mol. The molecule has 0 radical (unpaired) electrons. The SMILES string of the molecule is CCNC(=S)N(Cc1cnc(S(=O)(=O)Cc2ccc(F)cc2)n1CCOC)C(C)C. The van der Waals surface area contributed by atoms with E-state index in [1.807, 2.05) is 25.7 Å². The molecule has 2 aromatic rings. The molecule has 0 atom stereocenters. The van der Waals surface area contributed by atoms with Gasteiger partial charge in [0.25, 0.3) is 0 Å². The van der Waals surface area contributed by atoms with Gasteiger partial charge in [-0.15, -0.1) is 0 Å². The van der Waals surface area contributed by atoms with Gasteiger partial charge >= 0.3 is 0 Å². The fourth-order valence-corrected chi connectivity index (χ4v) is 4.91. The molecule has 166 valence electrons. The van der Waals surface area contributed by atoms with Crippen LogP contribution in [0.4, 0.5) is 4.39 Å². The minimum absolute atomic E-state index is 0.0306. The van der Waals surface area contributed by atoms with Gasteiger partial charge in [-0.1, -0.05) is 12.1 Å². The Hall–Kier alpha value is -2.04. The van der Waals surface area contributed by atoms with Crippen molar-refractivity contribution in [2.45, 2.75) is 50.8 Å². The lowest BCUT2D eigenvalue weighted by atomic mass is 10.2. The third kappa shape index (κ3) is 6.23. The molecule has 0 saturated carbocycles. The van der Waals surface area contributed by atoms with Crippen molar-refractivity contribution in [3.8, 4) is 0 Å². The molecule has 0 aliphatic carbocycles.